The van der Waals surface area contributed by atoms with Gasteiger partial charge in [0.2, 0.25) is 0 Å². The van der Waals surface area contributed by atoms with Crippen LogP contribution in [-0.4, -0.2) is 27.6 Å². The van der Waals surface area contributed by atoms with E-state index in [2.05, 4.69) is 5.32 Å². The lowest BCUT2D eigenvalue weighted by molar-refractivity contribution is -0.139. The first-order valence-electron chi connectivity index (χ1n) is 10.7. The Morgan fingerprint density at radius 1 is 1.13 bits per heavy atom. The van der Waals surface area contributed by atoms with Crippen LogP contribution in [0.5, 0.6) is 0 Å². The topological polar surface area (TPSA) is 88.4 Å². The van der Waals surface area contributed by atoms with Crippen molar-refractivity contribution in [1.82, 2.24) is 9.88 Å². The van der Waals surface area contributed by atoms with Crippen molar-refractivity contribution in [2.24, 2.45) is 5.92 Å². The Morgan fingerprint density at radius 3 is 2.43 bits per heavy atom. The molecule has 30 heavy (non-hydrogen) atoms. The van der Waals surface area contributed by atoms with E-state index >= 15 is 0 Å². The lowest BCUT2D eigenvalue weighted by Crippen LogP contribution is -2.45. The van der Waals surface area contributed by atoms with Crippen molar-refractivity contribution in [1.29, 1.82) is 0 Å². The van der Waals surface area contributed by atoms with Gasteiger partial charge in [0, 0.05) is 18.7 Å². The highest BCUT2D eigenvalue weighted by Gasteiger charge is 2.25. The van der Waals surface area contributed by atoms with Gasteiger partial charge in [0.15, 0.2) is 0 Å². The summed E-state index contributed by atoms with van der Waals surface area (Å²) in [6.07, 6.45) is 5.95. The first-order chi connectivity index (χ1) is 14.4. The number of carbonyl (C=O) groups is 2. The molecule has 1 amide bonds. The van der Waals surface area contributed by atoms with E-state index in [9.17, 15) is 19.5 Å². The van der Waals surface area contributed by atoms with E-state index in [1.807, 2.05) is 44.2 Å². The summed E-state index contributed by atoms with van der Waals surface area (Å²) in [7, 11) is 0. The Hall–Kier alpha value is -2.89. The summed E-state index contributed by atoms with van der Waals surface area (Å²) in [6, 6.07) is 9.60. The number of amides is 1. The maximum Gasteiger partial charge on any atom is 0.326 e. The Bertz CT molecular complexity index is 959. The van der Waals surface area contributed by atoms with Crippen molar-refractivity contribution in [2.45, 2.75) is 65.0 Å². The van der Waals surface area contributed by atoms with Gasteiger partial charge in [-0.1, -0.05) is 49.6 Å². The lowest BCUT2D eigenvalue weighted by atomic mass is 9.89. The van der Waals surface area contributed by atoms with Gasteiger partial charge in [0.25, 0.3) is 11.5 Å². The van der Waals surface area contributed by atoms with Gasteiger partial charge in [-0.15, -0.1) is 0 Å². The third-order valence-corrected chi connectivity index (χ3v) is 6.11. The molecule has 3 rings (SSSR count). The standard InChI is InChI=1S/C24H30N2O4/c1-16-13-20(23(28)26(17(16)2)15-19-11-7-4-8-12-19)22(27)25-21(24(29)30)14-18-9-5-3-6-10-18/h3,5-6,9-10,13,19,21H,4,7-8,11-12,14-15H2,1-2H3,(H,25,27)(H,29,30)/t21-/m0/s1. The maximum absolute atomic E-state index is 13.1. The molecule has 2 N–H and O–H groups in total. The molecule has 0 bridgehead atoms. The molecular weight excluding hydrogens is 380 g/mol. The fourth-order valence-corrected chi connectivity index (χ4v) is 4.19. The van der Waals surface area contributed by atoms with Crippen molar-refractivity contribution in [3.05, 3.63) is 69.1 Å². The van der Waals surface area contributed by atoms with Gasteiger partial charge in [-0.3, -0.25) is 9.59 Å². The van der Waals surface area contributed by atoms with Crippen LogP contribution in [0.2, 0.25) is 0 Å². The second-order valence-corrected chi connectivity index (χ2v) is 8.30. The number of hydrogen-bond acceptors (Lipinski definition) is 3. The average Bonchev–Trinajstić information content (AvgIpc) is 2.74. The predicted octanol–water partition coefficient (Wildman–Crippen LogP) is 3.47. The number of hydrogen-bond donors (Lipinski definition) is 2. The fourth-order valence-electron chi connectivity index (χ4n) is 4.19. The number of carboxylic acids is 1. The van der Waals surface area contributed by atoms with Crippen molar-refractivity contribution in [3.63, 3.8) is 0 Å². The Morgan fingerprint density at radius 2 is 1.80 bits per heavy atom. The summed E-state index contributed by atoms with van der Waals surface area (Å²) in [5, 5.41) is 12.1. The Kier molecular flexibility index (Phi) is 7.08. The number of benzene rings is 1. The van der Waals surface area contributed by atoms with Crippen LogP contribution in [0.25, 0.3) is 0 Å². The molecule has 0 saturated heterocycles. The minimum absolute atomic E-state index is 0.00761. The molecule has 1 aromatic carbocycles. The maximum atomic E-state index is 13.1. The second-order valence-electron chi connectivity index (χ2n) is 8.30. The lowest BCUT2D eigenvalue weighted by Gasteiger charge is -2.24. The van der Waals surface area contributed by atoms with Crippen LogP contribution in [0.15, 0.2) is 41.2 Å². The third kappa shape index (κ3) is 5.17. The SMILES string of the molecule is Cc1cc(C(=O)N[C@@H](Cc2ccccc2)C(=O)O)c(=O)n(CC2CCCCC2)c1C. The smallest absolute Gasteiger partial charge is 0.326 e. The summed E-state index contributed by atoms with van der Waals surface area (Å²) >= 11 is 0. The number of nitrogens with zero attached hydrogens (tertiary/aromatic N) is 1. The van der Waals surface area contributed by atoms with E-state index in [1.54, 1.807) is 10.6 Å². The number of aryl methyl sites for hydroxylation is 1. The number of rotatable bonds is 7. The van der Waals surface area contributed by atoms with Crippen molar-refractivity contribution in [3.8, 4) is 0 Å². The van der Waals surface area contributed by atoms with Gasteiger partial charge in [-0.05, 0) is 49.8 Å². The summed E-state index contributed by atoms with van der Waals surface area (Å²) in [5.74, 6) is -1.32. The van der Waals surface area contributed by atoms with Crippen molar-refractivity contribution in [2.75, 3.05) is 0 Å². The van der Waals surface area contributed by atoms with Crippen LogP contribution in [0, 0.1) is 19.8 Å². The van der Waals surface area contributed by atoms with E-state index in [-0.39, 0.29) is 17.5 Å². The highest BCUT2D eigenvalue weighted by atomic mass is 16.4. The number of pyridine rings is 1. The quantitative estimate of drug-likeness (QED) is 0.732. The molecule has 1 saturated carbocycles. The summed E-state index contributed by atoms with van der Waals surface area (Å²) in [6.45, 7) is 4.39. The zero-order valence-electron chi connectivity index (χ0n) is 17.7. The molecule has 1 atom stereocenters. The summed E-state index contributed by atoms with van der Waals surface area (Å²) in [5.41, 5.74) is 2.19. The molecule has 1 aliphatic rings. The van der Waals surface area contributed by atoms with Crippen LogP contribution in [0.1, 0.15) is 59.3 Å². The minimum atomic E-state index is -1.13. The zero-order valence-corrected chi connectivity index (χ0v) is 17.7. The van der Waals surface area contributed by atoms with Crippen LogP contribution >= 0.6 is 0 Å². The van der Waals surface area contributed by atoms with Crippen molar-refractivity contribution < 1.29 is 14.7 Å². The molecule has 160 valence electrons. The molecule has 6 heteroatoms. The number of carboxylic acid groups (broad SMARTS) is 1. The monoisotopic (exact) mass is 410 g/mol. The van der Waals surface area contributed by atoms with E-state index < -0.39 is 17.9 Å². The van der Waals surface area contributed by atoms with Gasteiger partial charge in [0.1, 0.15) is 11.6 Å². The Balaban J connectivity index is 1.83. The zero-order chi connectivity index (χ0) is 21.7. The van der Waals surface area contributed by atoms with Gasteiger partial charge < -0.3 is 15.0 Å². The highest BCUT2D eigenvalue weighted by Crippen LogP contribution is 2.25. The molecule has 0 spiro atoms. The van der Waals surface area contributed by atoms with Gasteiger partial charge >= 0.3 is 5.97 Å². The predicted molar refractivity (Wildman–Crippen MR) is 116 cm³/mol. The number of nitrogens with one attached hydrogen (secondary N) is 1. The largest absolute Gasteiger partial charge is 0.480 e. The van der Waals surface area contributed by atoms with E-state index in [0.717, 1.165) is 29.7 Å². The number of carbonyl (C=O) groups excluding carboxylic acids is 1. The number of aromatic nitrogens is 1. The molecule has 1 aliphatic carbocycles. The normalized spacial score (nSPS) is 15.5. The molecule has 1 aromatic heterocycles. The molecule has 0 aliphatic heterocycles. The molecule has 2 aromatic rings. The van der Waals surface area contributed by atoms with Crippen LogP contribution < -0.4 is 10.9 Å². The Labute approximate surface area is 176 Å². The van der Waals surface area contributed by atoms with Crippen LogP contribution in [-0.2, 0) is 17.8 Å². The molecule has 6 nitrogen and oxygen atoms in total. The van der Waals surface area contributed by atoms with Crippen LogP contribution in [0.4, 0.5) is 0 Å². The molecule has 1 heterocycles. The first-order valence-corrected chi connectivity index (χ1v) is 10.7. The summed E-state index contributed by atoms with van der Waals surface area (Å²) < 4.78 is 1.70. The van der Waals surface area contributed by atoms with Gasteiger partial charge in [-0.25, -0.2) is 4.79 Å². The van der Waals surface area contributed by atoms with E-state index in [1.165, 1.54) is 19.3 Å². The summed E-state index contributed by atoms with van der Waals surface area (Å²) in [4.78, 5) is 37.7. The molecule has 0 radical (unpaired) electrons. The second kappa shape index (κ2) is 9.74. The molecule has 1 fully saturated rings. The van der Waals surface area contributed by atoms with E-state index in [0.29, 0.717) is 12.5 Å². The first kappa shape index (κ1) is 21.8. The van der Waals surface area contributed by atoms with Crippen LogP contribution in [0.3, 0.4) is 0 Å². The highest BCUT2D eigenvalue weighted by molar-refractivity contribution is 5.96. The van der Waals surface area contributed by atoms with Gasteiger partial charge in [0.05, 0.1) is 0 Å². The average molecular weight is 411 g/mol. The molecule has 0 unspecified atom stereocenters. The van der Waals surface area contributed by atoms with E-state index in [4.69, 9.17) is 0 Å². The molecular formula is C24H30N2O4. The van der Waals surface area contributed by atoms with Crippen molar-refractivity contribution >= 4 is 11.9 Å². The van der Waals surface area contributed by atoms with Gasteiger partial charge in [-0.2, -0.15) is 0 Å². The number of aliphatic carboxylic acids is 1. The third-order valence-electron chi connectivity index (χ3n) is 6.11. The fraction of sp³-hybridized carbons (Fsp3) is 0.458. The minimum Gasteiger partial charge on any atom is -0.480 e.